The Morgan fingerprint density at radius 1 is 0.536 bits per heavy atom. The molecule has 1 N–H and O–H groups in total. The molecule has 0 aliphatic heterocycles. The summed E-state index contributed by atoms with van der Waals surface area (Å²) in [7, 11) is -4.33. The van der Waals surface area contributed by atoms with Gasteiger partial charge in [0.05, 0.1) is 13.2 Å². The van der Waals surface area contributed by atoms with Gasteiger partial charge in [0.15, 0.2) is 0 Å². The van der Waals surface area contributed by atoms with Gasteiger partial charge in [-0.3, -0.25) is 4.55 Å². The van der Waals surface area contributed by atoms with Gasteiger partial charge in [0.25, 0.3) is 0 Å². The number of rotatable bonds is 23. The Labute approximate surface area is 174 Å². The fraction of sp³-hybridized carbons (Fsp3) is 1.00. The van der Waals surface area contributed by atoms with E-state index in [4.69, 9.17) is 9.29 Å². The summed E-state index contributed by atoms with van der Waals surface area (Å²) in [5, 5.41) is 0. The van der Waals surface area contributed by atoms with Crippen LogP contribution < -0.4 is 0 Å². The van der Waals surface area contributed by atoms with Crippen LogP contribution in [0.2, 0.25) is 0 Å². The van der Waals surface area contributed by atoms with Gasteiger partial charge < -0.3 is 4.74 Å². The van der Waals surface area contributed by atoms with Crippen molar-refractivity contribution >= 4 is 10.4 Å². The van der Waals surface area contributed by atoms with Crippen molar-refractivity contribution in [2.45, 2.75) is 122 Å². The third kappa shape index (κ3) is 25.8. The summed E-state index contributed by atoms with van der Waals surface area (Å²) in [4.78, 5) is 0. The van der Waals surface area contributed by atoms with Crippen molar-refractivity contribution in [2.75, 3.05) is 19.8 Å². The summed E-state index contributed by atoms with van der Waals surface area (Å²) < 4.78 is 38.4. The van der Waals surface area contributed by atoms with Gasteiger partial charge in [0.2, 0.25) is 0 Å². The fourth-order valence-electron chi connectivity index (χ4n) is 3.41. The van der Waals surface area contributed by atoms with E-state index < -0.39 is 10.4 Å². The van der Waals surface area contributed by atoms with Crippen LogP contribution in [-0.2, 0) is 19.3 Å². The highest BCUT2D eigenvalue weighted by Crippen LogP contribution is 2.14. The minimum Gasteiger partial charge on any atom is -0.379 e. The molecule has 28 heavy (non-hydrogen) atoms. The van der Waals surface area contributed by atoms with Crippen LogP contribution in [0.1, 0.15) is 122 Å². The van der Waals surface area contributed by atoms with Gasteiger partial charge in [-0.15, -0.1) is 0 Å². The Bertz CT molecular complexity index is 398. The van der Waals surface area contributed by atoms with Gasteiger partial charge in [-0.2, -0.15) is 8.42 Å². The first kappa shape index (κ1) is 27.8. The Hall–Kier alpha value is -0.170. The predicted octanol–water partition coefficient (Wildman–Crippen LogP) is 6.86. The first-order chi connectivity index (χ1) is 13.6. The zero-order chi connectivity index (χ0) is 20.8. The summed E-state index contributed by atoms with van der Waals surface area (Å²) in [5.74, 6) is 0. The summed E-state index contributed by atoms with van der Waals surface area (Å²) in [5.41, 5.74) is 0. The van der Waals surface area contributed by atoms with Crippen molar-refractivity contribution in [3.05, 3.63) is 0 Å². The van der Waals surface area contributed by atoms with Crippen molar-refractivity contribution < 1.29 is 21.9 Å². The molecule has 0 heterocycles. The van der Waals surface area contributed by atoms with Gasteiger partial charge in [-0.25, -0.2) is 4.18 Å². The lowest BCUT2D eigenvalue weighted by molar-refractivity contribution is 0.0945. The van der Waals surface area contributed by atoms with Crippen LogP contribution in [0.25, 0.3) is 0 Å². The molecule has 0 radical (unpaired) electrons. The van der Waals surface area contributed by atoms with Crippen molar-refractivity contribution in [3.8, 4) is 0 Å². The van der Waals surface area contributed by atoms with E-state index in [2.05, 4.69) is 11.1 Å². The van der Waals surface area contributed by atoms with Crippen molar-refractivity contribution in [2.24, 2.45) is 0 Å². The smallest absolute Gasteiger partial charge is 0.379 e. The summed E-state index contributed by atoms with van der Waals surface area (Å²) in [6.45, 7) is 2.96. The van der Waals surface area contributed by atoms with E-state index in [1.165, 1.54) is 103 Å². The van der Waals surface area contributed by atoms with Crippen molar-refractivity contribution in [1.29, 1.82) is 0 Å². The molecule has 0 saturated carbocycles. The van der Waals surface area contributed by atoms with Gasteiger partial charge in [0.1, 0.15) is 0 Å². The molecule has 170 valence electrons. The van der Waals surface area contributed by atoms with Crippen LogP contribution in [0.15, 0.2) is 0 Å². The zero-order valence-corrected chi connectivity index (χ0v) is 19.2. The lowest BCUT2D eigenvalue weighted by Gasteiger charge is -2.05. The first-order valence-corrected chi connectivity index (χ1v) is 13.1. The standard InChI is InChI=1S/C22H46O5S/c1-2-3-4-5-6-7-8-9-10-11-12-13-14-15-16-17-18-19-20-26-21-22-27-28(23,24)25/h2-22H2,1H3,(H,23,24,25). The molecule has 0 unspecified atom stereocenters. The molecule has 0 aliphatic carbocycles. The average molecular weight is 423 g/mol. The largest absolute Gasteiger partial charge is 0.397 e. The van der Waals surface area contributed by atoms with E-state index in [-0.39, 0.29) is 13.2 Å². The molecule has 0 aliphatic rings. The second-order valence-corrected chi connectivity index (χ2v) is 8.96. The van der Waals surface area contributed by atoms with E-state index in [0.29, 0.717) is 6.61 Å². The Morgan fingerprint density at radius 2 is 0.893 bits per heavy atom. The third-order valence-corrected chi connectivity index (χ3v) is 5.57. The topological polar surface area (TPSA) is 72.8 Å². The van der Waals surface area contributed by atoms with Gasteiger partial charge in [-0.1, -0.05) is 116 Å². The van der Waals surface area contributed by atoms with Crippen LogP contribution in [0.3, 0.4) is 0 Å². The highest BCUT2D eigenvalue weighted by Gasteiger charge is 2.02. The zero-order valence-electron chi connectivity index (χ0n) is 18.3. The first-order valence-electron chi connectivity index (χ1n) is 11.8. The Morgan fingerprint density at radius 3 is 1.25 bits per heavy atom. The molecule has 0 aromatic heterocycles. The SMILES string of the molecule is CCCCCCCCCCCCCCCCCCCCOCCOS(=O)(=O)O. The van der Waals surface area contributed by atoms with E-state index in [0.717, 1.165) is 12.8 Å². The molecule has 0 bridgehead atoms. The molecule has 0 aromatic rings. The number of unbranched alkanes of at least 4 members (excludes halogenated alkanes) is 17. The molecule has 0 aromatic carbocycles. The van der Waals surface area contributed by atoms with E-state index >= 15 is 0 Å². The quantitative estimate of drug-likeness (QED) is 0.144. The maximum Gasteiger partial charge on any atom is 0.397 e. The molecular weight excluding hydrogens is 376 g/mol. The van der Waals surface area contributed by atoms with Crippen molar-refractivity contribution in [1.82, 2.24) is 0 Å². The lowest BCUT2D eigenvalue weighted by Crippen LogP contribution is -2.10. The Balaban J connectivity index is 3.03. The summed E-state index contributed by atoms with van der Waals surface area (Å²) >= 11 is 0. The molecule has 0 rings (SSSR count). The second kappa shape index (κ2) is 21.5. The van der Waals surface area contributed by atoms with E-state index in [1.54, 1.807) is 0 Å². The minimum atomic E-state index is -4.33. The monoisotopic (exact) mass is 422 g/mol. The van der Waals surface area contributed by atoms with E-state index in [1.807, 2.05) is 0 Å². The number of hydrogen-bond acceptors (Lipinski definition) is 4. The molecule has 5 nitrogen and oxygen atoms in total. The molecular formula is C22H46O5S. The number of hydrogen-bond donors (Lipinski definition) is 1. The van der Waals surface area contributed by atoms with Crippen LogP contribution in [-0.4, -0.2) is 32.8 Å². The lowest BCUT2D eigenvalue weighted by atomic mass is 10.0. The molecule has 0 amide bonds. The second-order valence-electron chi connectivity index (χ2n) is 7.87. The normalized spacial score (nSPS) is 11.9. The molecule has 6 heteroatoms. The van der Waals surface area contributed by atoms with Crippen LogP contribution in [0.5, 0.6) is 0 Å². The van der Waals surface area contributed by atoms with Crippen LogP contribution >= 0.6 is 0 Å². The highest BCUT2D eigenvalue weighted by atomic mass is 32.3. The van der Waals surface area contributed by atoms with Gasteiger partial charge in [0, 0.05) is 6.61 Å². The van der Waals surface area contributed by atoms with Crippen molar-refractivity contribution in [3.63, 3.8) is 0 Å². The van der Waals surface area contributed by atoms with Crippen LogP contribution in [0, 0.1) is 0 Å². The predicted molar refractivity (Wildman–Crippen MR) is 117 cm³/mol. The van der Waals surface area contributed by atoms with E-state index in [9.17, 15) is 8.42 Å². The molecule has 0 spiro atoms. The summed E-state index contributed by atoms with van der Waals surface area (Å²) in [6, 6.07) is 0. The maximum atomic E-state index is 10.3. The Kier molecular flexibility index (Phi) is 21.4. The van der Waals surface area contributed by atoms with Gasteiger partial charge >= 0.3 is 10.4 Å². The number of ether oxygens (including phenoxy) is 1. The third-order valence-electron chi connectivity index (χ3n) is 5.10. The minimum absolute atomic E-state index is 0.127. The molecule has 0 fully saturated rings. The fourth-order valence-corrected chi connectivity index (χ4v) is 3.68. The summed E-state index contributed by atoms with van der Waals surface area (Å²) in [6.07, 6.45) is 24.3. The average Bonchev–Trinajstić information content (AvgIpc) is 2.65. The maximum absolute atomic E-state index is 10.3. The molecule has 0 saturated heterocycles. The highest BCUT2D eigenvalue weighted by molar-refractivity contribution is 7.80. The molecule has 0 atom stereocenters. The van der Waals surface area contributed by atoms with Gasteiger partial charge in [-0.05, 0) is 6.42 Å². The van der Waals surface area contributed by atoms with Crippen LogP contribution in [0.4, 0.5) is 0 Å².